The van der Waals surface area contributed by atoms with E-state index in [0.29, 0.717) is 6.08 Å². The number of phenolic OH excluding ortho intramolecular Hbond substituents is 1. The van der Waals surface area contributed by atoms with Crippen molar-refractivity contribution in [3.63, 3.8) is 0 Å². The van der Waals surface area contributed by atoms with E-state index in [2.05, 4.69) is 6.58 Å². The molecule has 1 nitrogen and oxygen atoms in total. The summed E-state index contributed by atoms with van der Waals surface area (Å²) in [7, 11) is 0. The Bertz CT molecular complexity index is 344. The Morgan fingerprint density at radius 3 is 1.62 bits per heavy atom. The molecule has 0 bridgehead atoms. The summed E-state index contributed by atoms with van der Waals surface area (Å²) in [5.41, 5.74) is -0.937. The van der Waals surface area contributed by atoms with Crippen molar-refractivity contribution in [2.75, 3.05) is 0 Å². The highest BCUT2D eigenvalue weighted by atomic mass is 19.2. The topological polar surface area (TPSA) is 20.2 Å². The van der Waals surface area contributed by atoms with Gasteiger partial charge in [-0.1, -0.05) is 12.7 Å². The van der Waals surface area contributed by atoms with Crippen molar-refractivity contribution >= 4 is 6.08 Å². The standard InChI is InChI=1S/C8H4F4O/c1-2-3-4(9)6(11)8(13)7(12)5(3)10/h2,13H,1H2. The lowest BCUT2D eigenvalue weighted by Crippen LogP contribution is -1.99. The molecule has 1 N–H and O–H groups in total. The number of phenols is 1. The second-order valence-electron chi connectivity index (χ2n) is 2.22. The van der Waals surface area contributed by atoms with Crippen molar-refractivity contribution in [1.29, 1.82) is 0 Å². The van der Waals surface area contributed by atoms with Gasteiger partial charge in [-0.3, -0.25) is 0 Å². The average Bonchev–Trinajstić information content (AvgIpc) is 2.13. The summed E-state index contributed by atoms with van der Waals surface area (Å²) in [4.78, 5) is 0. The fourth-order valence-corrected chi connectivity index (χ4v) is 0.816. The number of benzene rings is 1. The molecule has 1 rings (SSSR count). The van der Waals surface area contributed by atoms with Crippen molar-refractivity contribution in [3.8, 4) is 5.75 Å². The zero-order valence-corrected chi connectivity index (χ0v) is 6.24. The van der Waals surface area contributed by atoms with Crippen molar-refractivity contribution in [2.45, 2.75) is 0 Å². The molecule has 0 aromatic heterocycles. The molecular formula is C8H4F4O. The van der Waals surface area contributed by atoms with Gasteiger partial charge in [0.15, 0.2) is 17.4 Å². The van der Waals surface area contributed by atoms with Gasteiger partial charge < -0.3 is 5.11 Å². The molecule has 0 spiro atoms. The molecule has 1 aromatic rings. The molecule has 70 valence electrons. The molecule has 0 unspecified atom stereocenters. The van der Waals surface area contributed by atoms with Crippen LogP contribution in [-0.4, -0.2) is 5.11 Å². The summed E-state index contributed by atoms with van der Waals surface area (Å²) in [5, 5.41) is 8.52. The summed E-state index contributed by atoms with van der Waals surface area (Å²) in [6.45, 7) is 2.97. The highest BCUT2D eigenvalue weighted by Gasteiger charge is 2.22. The zero-order valence-electron chi connectivity index (χ0n) is 6.24. The van der Waals surface area contributed by atoms with Crippen LogP contribution in [0.3, 0.4) is 0 Å². The minimum atomic E-state index is -1.83. The summed E-state index contributed by atoms with van der Waals surface area (Å²) in [5.74, 6) is -8.64. The predicted molar refractivity (Wildman–Crippen MR) is 38.0 cm³/mol. The van der Waals surface area contributed by atoms with E-state index in [9.17, 15) is 17.6 Å². The van der Waals surface area contributed by atoms with Crippen molar-refractivity contribution in [1.82, 2.24) is 0 Å². The molecule has 0 aliphatic carbocycles. The molecule has 0 heterocycles. The molecule has 0 aliphatic rings. The van der Waals surface area contributed by atoms with Gasteiger partial charge in [-0.2, -0.15) is 8.78 Å². The van der Waals surface area contributed by atoms with E-state index in [1.54, 1.807) is 0 Å². The maximum absolute atomic E-state index is 12.7. The number of hydrogen-bond acceptors (Lipinski definition) is 1. The van der Waals surface area contributed by atoms with Crippen LogP contribution in [0.15, 0.2) is 6.58 Å². The van der Waals surface area contributed by atoms with Gasteiger partial charge in [0.25, 0.3) is 0 Å². The molecule has 1 aromatic carbocycles. The highest BCUT2D eigenvalue weighted by molar-refractivity contribution is 5.51. The molecule has 0 saturated heterocycles. The van der Waals surface area contributed by atoms with E-state index in [1.165, 1.54) is 0 Å². The second kappa shape index (κ2) is 3.08. The first-order valence-electron chi connectivity index (χ1n) is 3.18. The van der Waals surface area contributed by atoms with Gasteiger partial charge in [0.2, 0.25) is 11.6 Å². The molecular weight excluding hydrogens is 188 g/mol. The van der Waals surface area contributed by atoms with Gasteiger partial charge in [0, 0.05) is 0 Å². The molecule has 5 heteroatoms. The minimum Gasteiger partial charge on any atom is -0.503 e. The van der Waals surface area contributed by atoms with Crippen molar-refractivity contribution in [2.24, 2.45) is 0 Å². The van der Waals surface area contributed by atoms with Crippen LogP contribution in [-0.2, 0) is 0 Å². The lowest BCUT2D eigenvalue weighted by Gasteiger charge is -2.04. The Kier molecular flexibility index (Phi) is 2.27. The third kappa shape index (κ3) is 1.26. The van der Waals surface area contributed by atoms with Crippen LogP contribution >= 0.6 is 0 Å². The summed E-state index contributed by atoms with van der Waals surface area (Å²) in [6, 6.07) is 0. The molecule has 0 amide bonds. The van der Waals surface area contributed by atoms with E-state index in [4.69, 9.17) is 5.11 Å². The monoisotopic (exact) mass is 192 g/mol. The smallest absolute Gasteiger partial charge is 0.204 e. The molecule has 0 saturated carbocycles. The van der Waals surface area contributed by atoms with Crippen LogP contribution in [0, 0.1) is 23.3 Å². The van der Waals surface area contributed by atoms with Gasteiger partial charge in [0.05, 0.1) is 5.56 Å². The first-order chi connectivity index (χ1) is 6.00. The van der Waals surface area contributed by atoms with Crippen LogP contribution in [0.5, 0.6) is 5.75 Å². The van der Waals surface area contributed by atoms with E-state index in [-0.39, 0.29) is 0 Å². The van der Waals surface area contributed by atoms with Gasteiger partial charge in [-0.25, -0.2) is 8.78 Å². The Labute approximate surface area is 70.9 Å². The van der Waals surface area contributed by atoms with Crippen LogP contribution in [0.25, 0.3) is 6.08 Å². The average molecular weight is 192 g/mol. The lowest BCUT2D eigenvalue weighted by atomic mass is 10.1. The van der Waals surface area contributed by atoms with E-state index in [0.717, 1.165) is 0 Å². The molecule has 0 aliphatic heterocycles. The van der Waals surface area contributed by atoms with E-state index < -0.39 is 34.6 Å². The number of rotatable bonds is 1. The number of halogens is 4. The third-order valence-electron chi connectivity index (χ3n) is 1.48. The zero-order chi connectivity index (χ0) is 10.2. The Hall–Kier alpha value is -1.52. The fraction of sp³-hybridized carbons (Fsp3) is 0. The predicted octanol–water partition coefficient (Wildman–Crippen LogP) is 2.59. The van der Waals surface area contributed by atoms with Gasteiger partial charge in [-0.05, 0) is 0 Å². The quantitative estimate of drug-likeness (QED) is 0.535. The van der Waals surface area contributed by atoms with Gasteiger partial charge in [-0.15, -0.1) is 0 Å². The molecule has 13 heavy (non-hydrogen) atoms. The van der Waals surface area contributed by atoms with Gasteiger partial charge >= 0.3 is 0 Å². The summed E-state index contributed by atoms with van der Waals surface area (Å²) >= 11 is 0. The van der Waals surface area contributed by atoms with Crippen LogP contribution in [0.1, 0.15) is 5.56 Å². The van der Waals surface area contributed by atoms with E-state index >= 15 is 0 Å². The summed E-state index contributed by atoms with van der Waals surface area (Å²) in [6.07, 6.45) is 0.621. The van der Waals surface area contributed by atoms with Crippen LogP contribution in [0.4, 0.5) is 17.6 Å². The Balaban J connectivity index is 3.66. The van der Waals surface area contributed by atoms with Crippen molar-refractivity contribution in [3.05, 3.63) is 35.4 Å². The Morgan fingerprint density at radius 2 is 1.31 bits per heavy atom. The maximum atomic E-state index is 12.7. The molecule has 0 fully saturated rings. The highest BCUT2D eigenvalue weighted by Crippen LogP contribution is 2.28. The normalized spacial score (nSPS) is 10.2. The Morgan fingerprint density at radius 1 is 0.923 bits per heavy atom. The SMILES string of the molecule is C=Cc1c(F)c(F)c(O)c(F)c1F. The first-order valence-corrected chi connectivity index (χ1v) is 3.18. The second-order valence-corrected chi connectivity index (χ2v) is 2.22. The molecule has 0 atom stereocenters. The minimum absolute atomic E-state index is 0.621. The molecule has 0 radical (unpaired) electrons. The fourth-order valence-electron chi connectivity index (χ4n) is 0.816. The summed E-state index contributed by atoms with van der Waals surface area (Å²) < 4.78 is 50.5. The number of aromatic hydroxyl groups is 1. The largest absolute Gasteiger partial charge is 0.503 e. The van der Waals surface area contributed by atoms with Gasteiger partial charge in [0.1, 0.15) is 0 Å². The third-order valence-corrected chi connectivity index (χ3v) is 1.48. The maximum Gasteiger partial charge on any atom is 0.204 e. The lowest BCUT2D eigenvalue weighted by molar-refractivity contribution is 0.355. The number of hydrogen-bond donors (Lipinski definition) is 1. The first kappa shape index (κ1) is 9.57. The van der Waals surface area contributed by atoms with Crippen LogP contribution in [0.2, 0.25) is 0 Å². The van der Waals surface area contributed by atoms with Crippen LogP contribution < -0.4 is 0 Å². The van der Waals surface area contributed by atoms with Crippen molar-refractivity contribution < 1.29 is 22.7 Å². The van der Waals surface area contributed by atoms with E-state index in [1.807, 2.05) is 0 Å².